The Bertz CT molecular complexity index is 1090. The topological polar surface area (TPSA) is 102 Å². The van der Waals surface area contributed by atoms with Gasteiger partial charge in [0.2, 0.25) is 23.7 Å². The lowest BCUT2D eigenvalue weighted by Gasteiger charge is -2.18. The highest BCUT2D eigenvalue weighted by Crippen LogP contribution is 2.37. The summed E-state index contributed by atoms with van der Waals surface area (Å²) in [5.41, 5.74) is 1.70. The smallest absolute Gasteiger partial charge is 0.249 e. The summed E-state index contributed by atoms with van der Waals surface area (Å²) in [5.74, 6) is 0.493. The summed E-state index contributed by atoms with van der Waals surface area (Å²) in [6.07, 6.45) is 0.315. The van der Waals surface area contributed by atoms with E-state index >= 15 is 0 Å². The number of nitrogens with one attached hydrogen (secondary N) is 2. The van der Waals surface area contributed by atoms with Crippen molar-refractivity contribution < 1.29 is 19.1 Å². The van der Waals surface area contributed by atoms with Gasteiger partial charge in [0, 0.05) is 12.0 Å². The van der Waals surface area contributed by atoms with E-state index in [4.69, 9.17) is 21.1 Å². The first-order valence-electron chi connectivity index (χ1n) is 9.52. The molecule has 10 heteroatoms. The first kappa shape index (κ1) is 21.1. The molecular weight excluding hydrogens is 440 g/mol. The first-order chi connectivity index (χ1) is 15.0. The van der Waals surface area contributed by atoms with Crippen molar-refractivity contribution in [3.05, 3.63) is 54.1 Å². The van der Waals surface area contributed by atoms with Gasteiger partial charge in [-0.3, -0.25) is 14.9 Å². The van der Waals surface area contributed by atoms with Gasteiger partial charge in [0.25, 0.3) is 0 Å². The van der Waals surface area contributed by atoms with Crippen molar-refractivity contribution in [1.29, 1.82) is 0 Å². The van der Waals surface area contributed by atoms with E-state index in [-0.39, 0.29) is 6.79 Å². The van der Waals surface area contributed by atoms with Crippen LogP contribution < -0.4 is 20.1 Å². The Kier molecular flexibility index (Phi) is 6.34. The number of benzene rings is 2. The van der Waals surface area contributed by atoms with Gasteiger partial charge in [-0.05, 0) is 30.7 Å². The SMILES string of the molecule is CC(Cl)C(=O)NC(Cc1ccccc1)C(=O)Nc1nnc(-c2ccc3c(c2)OCO3)s1. The van der Waals surface area contributed by atoms with Gasteiger partial charge >= 0.3 is 0 Å². The first-order valence-corrected chi connectivity index (χ1v) is 10.8. The largest absolute Gasteiger partial charge is 0.454 e. The van der Waals surface area contributed by atoms with Gasteiger partial charge in [-0.1, -0.05) is 41.7 Å². The summed E-state index contributed by atoms with van der Waals surface area (Å²) < 4.78 is 10.7. The number of fused-ring (bicyclic) bond motifs is 1. The number of halogens is 1. The zero-order valence-electron chi connectivity index (χ0n) is 16.5. The molecule has 31 heavy (non-hydrogen) atoms. The van der Waals surface area contributed by atoms with Crippen molar-refractivity contribution in [3.63, 3.8) is 0 Å². The Morgan fingerprint density at radius 3 is 2.65 bits per heavy atom. The Labute approximate surface area is 187 Å². The van der Waals surface area contributed by atoms with Crippen molar-refractivity contribution in [2.45, 2.75) is 24.8 Å². The molecule has 2 unspecified atom stereocenters. The summed E-state index contributed by atoms with van der Waals surface area (Å²) >= 11 is 7.09. The van der Waals surface area contributed by atoms with E-state index in [0.29, 0.717) is 28.1 Å². The molecule has 0 bridgehead atoms. The molecule has 1 aliphatic heterocycles. The third-order valence-corrected chi connectivity index (χ3v) is 5.64. The molecule has 3 aromatic rings. The van der Waals surface area contributed by atoms with E-state index in [9.17, 15) is 9.59 Å². The maximum absolute atomic E-state index is 12.9. The maximum atomic E-state index is 12.9. The molecule has 2 heterocycles. The predicted molar refractivity (Wildman–Crippen MR) is 117 cm³/mol. The van der Waals surface area contributed by atoms with Crippen LogP contribution in [0.2, 0.25) is 0 Å². The normalized spacial score (nSPS) is 14.0. The third kappa shape index (κ3) is 5.12. The van der Waals surface area contributed by atoms with Gasteiger partial charge in [0.05, 0.1) is 0 Å². The van der Waals surface area contributed by atoms with Crippen LogP contribution in [0.5, 0.6) is 11.5 Å². The Hall–Kier alpha value is -3.17. The zero-order valence-corrected chi connectivity index (χ0v) is 18.1. The van der Waals surface area contributed by atoms with E-state index in [1.165, 1.54) is 11.3 Å². The number of amides is 2. The van der Waals surface area contributed by atoms with Gasteiger partial charge in [-0.25, -0.2) is 0 Å². The second-order valence-electron chi connectivity index (χ2n) is 6.84. The van der Waals surface area contributed by atoms with E-state index in [0.717, 1.165) is 11.1 Å². The van der Waals surface area contributed by atoms with Crippen LogP contribution >= 0.6 is 22.9 Å². The van der Waals surface area contributed by atoms with Gasteiger partial charge in [0.15, 0.2) is 11.5 Å². The highest BCUT2D eigenvalue weighted by atomic mass is 35.5. The number of nitrogens with zero attached hydrogens (tertiary/aromatic N) is 2. The van der Waals surface area contributed by atoms with Crippen LogP contribution in [0.4, 0.5) is 5.13 Å². The zero-order chi connectivity index (χ0) is 21.8. The van der Waals surface area contributed by atoms with Crippen molar-refractivity contribution in [2.75, 3.05) is 12.1 Å². The molecule has 2 atom stereocenters. The number of hydrogen-bond donors (Lipinski definition) is 2. The molecule has 0 radical (unpaired) electrons. The predicted octanol–water partition coefficient (Wildman–Crippen LogP) is 3.23. The number of rotatable bonds is 7. The number of hydrogen-bond acceptors (Lipinski definition) is 7. The lowest BCUT2D eigenvalue weighted by molar-refractivity contribution is -0.126. The molecule has 0 saturated carbocycles. The van der Waals surface area contributed by atoms with Crippen molar-refractivity contribution in [2.24, 2.45) is 0 Å². The third-order valence-electron chi connectivity index (χ3n) is 4.55. The molecule has 160 valence electrons. The van der Waals surface area contributed by atoms with Gasteiger partial charge < -0.3 is 14.8 Å². The average molecular weight is 459 g/mol. The molecule has 1 aromatic heterocycles. The summed E-state index contributed by atoms with van der Waals surface area (Å²) in [6, 6.07) is 14.1. The Morgan fingerprint density at radius 2 is 1.87 bits per heavy atom. The average Bonchev–Trinajstić information content (AvgIpc) is 3.42. The lowest BCUT2D eigenvalue weighted by atomic mass is 10.1. The molecule has 0 spiro atoms. The summed E-state index contributed by atoms with van der Waals surface area (Å²) in [4.78, 5) is 25.0. The molecule has 0 aliphatic carbocycles. The Morgan fingerprint density at radius 1 is 1.10 bits per heavy atom. The number of carbonyl (C=O) groups is 2. The van der Waals surface area contributed by atoms with Gasteiger partial charge in [-0.2, -0.15) is 0 Å². The lowest BCUT2D eigenvalue weighted by Crippen LogP contribution is -2.47. The van der Waals surface area contributed by atoms with E-state index in [1.54, 1.807) is 13.0 Å². The van der Waals surface area contributed by atoms with Gasteiger partial charge in [0.1, 0.15) is 16.4 Å². The molecule has 4 rings (SSSR count). The van der Waals surface area contributed by atoms with Crippen LogP contribution in [0.15, 0.2) is 48.5 Å². The van der Waals surface area contributed by atoms with Gasteiger partial charge in [-0.15, -0.1) is 21.8 Å². The monoisotopic (exact) mass is 458 g/mol. The highest BCUT2D eigenvalue weighted by molar-refractivity contribution is 7.18. The Balaban J connectivity index is 1.48. The van der Waals surface area contributed by atoms with E-state index in [2.05, 4.69) is 20.8 Å². The van der Waals surface area contributed by atoms with Crippen molar-refractivity contribution in [3.8, 4) is 22.1 Å². The molecule has 2 N–H and O–H groups in total. The summed E-state index contributed by atoms with van der Waals surface area (Å²) in [5, 5.41) is 13.8. The second kappa shape index (κ2) is 9.32. The van der Waals surface area contributed by atoms with Crippen molar-refractivity contribution in [1.82, 2.24) is 15.5 Å². The van der Waals surface area contributed by atoms with Crippen LogP contribution in [0.3, 0.4) is 0 Å². The highest BCUT2D eigenvalue weighted by Gasteiger charge is 2.24. The number of anilines is 1. The van der Waals surface area contributed by atoms with Crippen LogP contribution in [-0.4, -0.2) is 40.2 Å². The molecule has 8 nitrogen and oxygen atoms in total. The van der Waals surface area contributed by atoms with Crippen LogP contribution in [0.1, 0.15) is 12.5 Å². The van der Waals surface area contributed by atoms with E-state index in [1.807, 2.05) is 42.5 Å². The molecule has 1 aliphatic rings. The fourth-order valence-electron chi connectivity index (χ4n) is 2.96. The molecular formula is C21H19ClN4O4S. The molecule has 0 saturated heterocycles. The number of aromatic nitrogens is 2. The second-order valence-corrected chi connectivity index (χ2v) is 8.47. The number of ether oxygens (including phenoxy) is 2. The van der Waals surface area contributed by atoms with Crippen LogP contribution in [0.25, 0.3) is 10.6 Å². The fraction of sp³-hybridized carbons (Fsp3) is 0.238. The molecule has 2 aromatic carbocycles. The minimum atomic E-state index is -0.811. The van der Waals surface area contributed by atoms with E-state index < -0.39 is 23.2 Å². The van der Waals surface area contributed by atoms with Crippen LogP contribution in [0, 0.1) is 0 Å². The minimum Gasteiger partial charge on any atom is -0.454 e. The maximum Gasteiger partial charge on any atom is 0.249 e. The molecule has 2 amide bonds. The quantitative estimate of drug-likeness (QED) is 0.527. The van der Waals surface area contributed by atoms with Crippen molar-refractivity contribution >= 4 is 39.9 Å². The fourth-order valence-corrected chi connectivity index (χ4v) is 3.76. The summed E-state index contributed by atoms with van der Waals surface area (Å²) in [6.45, 7) is 1.74. The summed E-state index contributed by atoms with van der Waals surface area (Å²) in [7, 11) is 0. The number of carbonyl (C=O) groups excluding carboxylic acids is 2. The molecule has 0 fully saturated rings. The minimum absolute atomic E-state index is 0.186. The standard InChI is InChI=1S/C21H19ClN4O4S/c1-12(22)18(27)23-15(9-13-5-3-2-4-6-13)19(28)24-21-26-25-20(31-21)14-7-8-16-17(10-14)30-11-29-16/h2-8,10,12,15H,9,11H2,1H3,(H,23,27)(H,24,26,28). The van der Waals surface area contributed by atoms with Crippen LogP contribution in [-0.2, 0) is 16.0 Å². The number of alkyl halides is 1.